The first kappa shape index (κ1) is 11.1. The Kier molecular flexibility index (Phi) is 2.15. The van der Waals surface area contributed by atoms with E-state index in [1.165, 1.54) is 30.5 Å². The predicted octanol–water partition coefficient (Wildman–Crippen LogP) is 2.22. The fourth-order valence-corrected chi connectivity index (χ4v) is 2.07. The number of aliphatic hydroxyl groups is 1. The van der Waals surface area contributed by atoms with Crippen molar-refractivity contribution >= 4 is 5.84 Å². The molecule has 2 aliphatic heterocycles. The third-order valence-electron chi connectivity index (χ3n) is 3.01. The number of hydrogen-bond acceptors (Lipinski definition) is 3. The molecule has 2 aliphatic rings. The molecule has 0 aliphatic carbocycles. The maximum Gasteiger partial charge on any atom is 0.384 e. The molecule has 1 N–H and O–H groups in total. The lowest BCUT2D eigenvalue weighted by molar-refractivity contribution is -0.220. The van der Waals surface area contributed by atoms with E-state index in [9.17, 15) is 13.9 Å². The first-order valence-electron chi connectivity index (χ1n) is 5.45. The molecule has 3 rings (SSSR count). The van der Waals surface area contributed by atoms with Crippen LogP contribution in [0.25, 0.3) is 0 Å². The lowest BCUT2D eigenvalue weighted by atomic mass is 10.0. The average molecular weight is 248 g/mol. The Hall–Kier alpha value is -2.01. The van der Waals surface area contributed by atoms with Gasteiger partial charge < -0.3 is 5.11 Å². The summed E-state index contributed by atoms with van der Waals surface area (Å²) in [5, 5.41) is 10.3. The lowest BCUT2D eigenvalue weighted by Crippen LogP contribution is -2.49. The van der Waals surface area contributed by atoms with Gasteiger partial charge in [-0.15, -0.1) is 0 Å². The third-order valence-corrected chi connectivity index (χ3v) is 3.01. The second kappa shape index (κ2) is 3.49. The van der Waals surface area contributed by atoms with Crippen molar-refractivity contribution < 1.29 is 13.9 Å². The Morgan fingerprint density at radius 3 is 2.50 bits per heavy atom. The van der Waals surface area contributed by atoms with Crippen molar-refractivity contribution in [3.05, 3.63) is 60.3 Å². The van der Waals surface area contributed by atoms with E-state index in [0.717, 1.165) is 0 Å². The minimum atomic E-state index is -3.51. The molecule has 5 heteroatoms. The van der Waals surface area contributed by atoms with E-state index < -0.39 is 11.8 Å². The van der Waals surface area contributed by atoms with Crippen LogP contribution in [-0.4, -0.2) is 21.9 Å². The number of benzene rings is 1. The quantitative estimate of drug-likeness (QED) is 0.773. The summed E-state index contributed by atoms with van der Waals surface area (Å²) >= 11 is 0. The van der Waals surface area contributed by atoms with Crippen molar-refractivity contribution in [3.8, 4) is 0 Å². The van der Waals surface area contributed by atoms with Gasteiger partial charge in [-0.25, -0.2) is 4.99 Å². The number of rotatable bonds is 1. The fraction of sp³-hybridized carbons (Fsp3) is 0.154. The number of halogens is 2. The number of fused-ring (bicyclic) bond motifs is 1. The molecule has 18 heavy (non-hydrogen) atoms. The zero-order valence-corrected chi connectivity index (χ0v) is 9.29. The first-order valence-corrected chi connectivity index (χ1v) is 5.45. The van der Waals surface area contributed by atoms with Crippen molar-refractivity contribution in [1.82, 2.24) is 4.90 Å². The van der Waals surface area contributed by atoms with Gasteiger partial charge in [-0.3, -0.25) is 4.90 Å². The molecular weight excluding hydrogens is 238 g/mol. The van der Waals surface area contributed by atoms with Gasteiger partial charge in [-0.1, -0.05) is 36.4 Å². The molecule has 0 spiro atoms. The largest absolute Gasteiger partial charge is 0.384 e. The molecule has 0 fully saturated rings. The molecule has 1 unspecified atom stereocenters. The van der Waals surface area contributed by atoms with E-state index >= 15 is 0 Å². The SMILES string of the molecule is OC1(c2ccccc2)N=C2C=CC=CN2C1(F)F. The van der Waals surface area contributed by atoms with Gasteiger partial charge in [0.25, 0.3) is 5.72 Å². The van der Waals surface area contributed by atoms with Crippen molar-refractivity contribution in [2.24, 2.45) is 4.99 Å². The van der Waals surface area contributed by atoms with Gasteiger partial charge in [0.05, 0.1) is 0 Å². The van der Waals surface area contributed by atoms with E-state index in [1.54, 1.807) is 24.3 Å². The molecule has 1 atom stereocenters. The molecule has 92 valence electrons. The Morgan fingerprint density at radius 2 is 1.83 bits per heavy atom. The summed E-state index contributed by atoms with van der Waals surface area (Å²) in [6.45, 7) is 0. The maximum absolute atomic E-state index is 14.3. The van der Waals surface area contributed by atoms with Crippen LogP contribution in [0.2, 0.25) is 0 Å². The van der Waals surface area contributed by atoms with Crippen LogP contribution < -0.4 is 0 Å². The number of aliphatic imine (C=N–C) groups is 1. The Balaban J connectivity index is 2.16. The molecule has 2 heterocycles. The number of nitrogens with zero attached hydrogens (tertiary/aromatic N) is 2. The Bertz CT molecular complexity index is 566. The topological polar surface area (TPSA) is 35.8 Å². The van der Waals surface area contributed by atoms with E-state index in [-0.39, 0.29) is 11.4 Å². The normalized spacial score (nSPS) is 28.2. The maximum atomic E-state index is 14.3. The number of allylic oxidation sites excluding steroid dienone is 2. The van der Waals surface area contributed by atoms with E-state index in [4.69, 9.17) is 0 Å². The predicted molar refractivity (Wildman–Crippen MR) is 62.8 cm³/mol. The second-order valence-corrected chi connectivity index (χ2v) is 4.12. The van der Waals surface area contributed by atoms with Crippen LogP contribution in [0.4, 0.5) is 8.78 Å². The molecular formula is C13H10F2N2O. The van der Waals surface area contributed by atoms with E-state index in [1.807, 2.05) is 0 Å². The minimum Gasteiger partial charge on any atom is -0.359 e. The number of amidine groups is 1. The Labute approximate surface area is 102 Å². The highest BCUT2D eigenvalue weighted by Gasteiger charge is 2.63. The van der Waals surface area contributed by atoms with Gasteiger partial charge >= 0.3 is 6.05 Å². The average Bonchev–Trinajstić information content (AvgIpc) is 2.60. The number of alkyl halides is 2. The van der Waals surface area contributed by atoms with Crippen molar-refractivity contribution in [1.29, 1.82) is 0 Å². The van der Waals surface area contributed by atoms with Crippen LogP contribution in [0.5, 0.6) is 0 Å². The summed E-state index contributed by atoms with van der Waals surface area (Å²) in [4.78, 5) is 4.46. The van der Waals surface area contributed by atoms with Crippen molar-refractivity contribution in [3.63, 3.8) is 0 Å². The molecule has 1 aromatic rings. The second-order valence-electron chi connectivity index (χ2n) is 4.12. The van der Waals surface area contributed by atoms with E-state index in [2.05, 4.69) is 4.99 Å². The fourth-order valence-electron chi connectivity index (χ4n) is 2.07. The van der Waals surface area contributed by atoms with E-state index in [0.29, 0.717) is 4.90 Å². The first-order chi connectivity index (χ1) is 8.56. The Morgan fingerprint density at radius 1 is 1.11 bits per heavy atom. The molecule has 0 radical (unpaired) electrons. The van der Waals surface area contributed by atoms with Crippen LogP contribution in [-0.2, 0) is 5.72 Å². The van der Waals surface area contributed by atoms with Crippen molar-refractivity contribution in [2.75, 3.05) is 0 Å². The van der Waals surface area contributed by atoms with Crippen LogP contribution in [0.1, 0.15) is 5.56 Å². The zero-order valence-electron chi connectivity index (χ0n) is 9.29. The molecule has 0 saturated heterocycles. The molecule has 3 nitrogen and oxygen atoms in total. The minimum absolute atomic E-state index is 0.0499. The highest BCUT2D eigenvalue weighted by molar-refractivity contribution is 5.97. The van der Waals surface area contributed by atoms with Crippen molar-refractivity contribution in [2.45, 2.75) is 11.8 Å². The summed E-state index contributed by atoms with van der Waals surface area (Å²) in [5.74, 6) is 0.0499. The standard InChI is InChI=1S/C13H10F2N2O/c14-13(15)12(18,10-6-2-1-3-7-10)16-11-8-4-5-9-17(11)13/h1-9,18H. The highest BCUT2D eigenvalue weighted by Crippen LogP contribution is 2.47. The summed E-state index contributed by atoms with van der Waals surface area (Å²) in [7, 11) is 0. The molecule has 0 aromatic heterocycles. The monoisotopic (exact) mass is 248 g/mol. The smallest absolute Gasteiger partial charge is 0.359 e. The zero-order chi connectivity index (χ0) is 12.8. The highest BCUT2D eigenvalue weighted by atomic mass is 19.3. The lowest BCUT2D eigenvalue weighted by Gasteiger charge is -2.32. The van der Waals surface area contributed by atoms with Gasteiger partial charge in [0, 0.05) is 11.8 Å². The van der Waals surface area contributed by atoms with Crippen LogP contribution in [0.3, 0.4) is 0 Å². The summed E-state index contributed by atoms with van der Waals surface area (Å²) < 4.78 is 28.6. The molecule has 0 bridgehead atoms. The van der Waals surface area contributed by atoms with Gasteiger partial charge in [-0.2, -0.15) is 8.78 Å². The van der Waals surface area contributed by atoms with Crippen LogP contribution in [0.15, 0.2) is 59.8 Å². The summed E-state index contributed by atoms with van der Waals surface area (Å²) in [6.07, 6.45) is 5.72. The summed E-state index contributed by atoms with van der Waals surface area (Å²) in [5.41, 5.74) is -2.48. The third kappa shape index (κ3) is 1.28. The van der Waals surface area contributed by atoms with Gasteiger partial charge in [-0.05, 0) is 12.2 Å². The molecule has 0 saturated carbocycles. The van der Waals surface area contributed by atoms with Gasteiger partial charge in [0.2, 0.25) is 0 Å². The summed E-state index contributed by atoms with van der Waals surface area (Å²) in [6, 6.07) is 4.23. The molecule has 0 amide bonds. The number of hydrogen-bond donors (Lipinski definition) is 1. The van der Waals surface area contributed by atoms with Crippen LogP contribution >= 0.6 is 0 Å². The molecule has 1 aromatic carbocycles. The van der Waals surface area contributed by atoms with Gasteiger partial charge in [0.15, 0.2) is 0 Å². The van der Waals surface area contributed by atoms with Gasteiger partial charge in [0.1, 0.15) is 5.84 Å². The van der Waals surface area contributed by atoms with Crippen LogP contribution in [0, 0.1) is 0 Å².